The van der Waals surface area contributed by atoms with Crippen LogP contribution in [0.4, 0.5) is 10.1 Å². The van der Waals surface area contributed by atoms with Crippen LogP contribution in [-0.4, -0.2) is 64.3 Å². The maximum atomic E-state index is 14.0. The van der Waals surface area contributed by atoms with Gasteiger partial charge in [0, 0.05) is 43.6 Å². The Labute approximate surface area is 213 Å². The molecule has 0 N–H and O–H groups in total. The molecule has 0 aliphatic carbocycles. The summed E-state index contributed by atoms with van der Waals surface area (Å²) in [6.07, 6.45) is 1.67. The lowest BCUT2D eigenvalue weighted by molar-refractivity contribution is 0.0518. The predicted molar refractivity (Wildman–Crippen MR) is 137 cm³/mol. The summed E-state index contributed by atoms with van der Waals surface area (Å²) in [6, 6.07) is 21.2. The molecular weight excluding hydrogens is 473 g/mol. The molecule has 2 aromatic heterocycles. The van der Waals surface area contributed by atoms with Gasteiger partial charge in [-0.3, -0.25) is 4.79 Å². The molecule has 37 heavy (non-hydrogen) atoms. The molecule has 0 radical (unpaired) electrons. The summed E-state index contributed by atoms with van der Waals surface area (Å²) in [7, 11) is 0. The van der Waals surface area contributed by atoms with Gasteiger partial charge in [-0.25, -0.2) is 18.9 Å². The van der Waals surface area contributed by atoms with Crippen LogP contribution in [0.5, 0.6) is 0 Å². The summed E-state index contributed by atoms with van der Waals surface area (Å²) in [6.45, 7) is 4.30. The highest BCUT2D eigenvalue weighted by Crippen LogP contribution is 2.27. The second-order valence-corrected chi connectivity index (χ2v) is 8.54. The van der Waals surface area contributed by atoms with E-state index in [0.717, 1.165) is 11.3 Å². The summed E-state index contributed by atoms with van der Waals surface area (Å²) < 4.78 is 20.8. The number of esters is 1. The molecule has 0 spiro atoms. The van der Waals surface area contributed by atoms with E-state index in [1.807, 2.05) is 42.5 Å². The van der Waals surface area contributed by atoms with Gasteiger partial charge in [0.15, 0.2) is 11.5 Å². The van der Waals surface area contributed by atoms with Gasteiger partial charge < -0.3 is 14.5 Å². The molecule has 0 saturated carbocycles. The number of rotatable bonds is 6. The van der Waals surface area contributed by atoms with Crippen LogP contribution in [0.3, 0.4) is 0 Å². The lowest BCUT2D eigenvalue weighted by atomic mass is 10.1. The van der Waals surface area contributed by atoms with Gasteiger partial charge in [0.05, 0.1) is 17.9 Å². The number of nitrogens with zero attached hydrogens (tertiary/aromatic N) is 5. The van der Waals surface area contributed by atoms with Gasteiger partial charge in [-0.05, 0) is 49.4 Å². The molecule has 8 nitrogen and oxygen atoms in total. The molecule has 0 unspecified atom stereocenters. The molecule has 4 aromatic rings. The average Bonchev–Trinajstić information content (AvgIpc) is 3.40. The number of ether oxygens (including phenoxy) is 1. The molecule has 5 rings (SSSR count). The number of aromatic nitrogens is 3. The van der Waals surface area contributed by atoms with Crippen LogP contribution in [0.25, 0.3) is 17.1 Å². The number of carbonyl (C=O) groups is 2. The predicted octanol–water partition coefficient (Wildman–Crippen LogP) is 4.21. The van der Waals surface area contributed by atoms with Crippen LogP contribution < -0.4 is 4.90 Å². The number of hydrogen-bond acceptors (Lipinski definition) is 6. The van der Waals surface area contributed by atoms with E-state index < -0.39 is 11.8 Å². The van der Waals surface area contributed by atoms with Crippen molar-refractivity contribution in [3.8, 4) is 17.1 Å². The number of anilines is 1. The zero-order chi connectivity index (χ0) is 25.8. The molecule has 3 heterocycles. The van der Waals surface area contributed by atoms with Crippen molar-refractivity contribution in [1.29, 1.82) is 0 Å². The SMILES string of the molecule is CCOC(=O)c1cc(-c2ccc(N3CCN(C(=O)c4ccccc4F)CC3)cc2)n(-c2ccccn2)n1. The van der Waals surface area contributed by atoms with E-state index in [9.17, 15) is 14.0 Å². The zero-order valence-electron chi connectivity index (χ0n) is 20.4. The molecule has 0 bridgehead atoms. The van der Waals surface area contributed by atoms with Crippen molar-refractivity contribution in [2.45, 2.75) is 6.92 Å². The molecule has 1 amide bonds. The first-order valence-electron chi connectivity index (χ1n) is 12.1. The van der Waals surface area contributed by atoms with Gasteiger partial charge in [-0.15, -0.1) is 0 Å². The van der Waals surface area contributed by atoms with E-state index in [2.05, 4.69) is 15.0 Å². The van der Waals surface area contributed by atoms with Gasteiger partial charge in [0.25, 0.3) is 5.91 Å². The second-order valence-electron chi connectivity index (χ2n) is 8.54. The minimum atomic E-state index is -0.499. The van der Waals surface area contributed by atoms with Crippen molar-refractivity contribution in [3.63, 3.8) is 0 Å². The first kappa shape index (κ1) is 24.2. The smallest absolute Gasteiger partial charge is 0.358 e. The maximum absolute atomic E-state index is 14.0. The topological polar surface area (TPSA) is 80.6 Å². The van der Waals surface area contributed by atoms with Crippen molar-refractivity contribution in [2.75, 3.05) is 37.7 Å². The standard InChI is InChI=1S/C28H26FN5O3/c1-2-37-28(36)24-19-25(34(31-24)26-9-5-6-14-30-26)20-10-12-21(13-11-20)32-15-17-33(18-16-32)27(35)22-7-3-4-8-23(22)29/h3-14,19H,2,15-18H2,1H3. The molecule has 1 saturated heterocycles. The monoisotopic (exact) mass is 499 g/mol. The zero-order valence-corrected chi connectivity index (χ0v) is 20.4. The minimum Gasteiger partial charge on any atom is -0.461 e. The third-order valence-corrected chi connectivity index (χ3v) is 6.26. The highest BCUT2D eigenvalue weighted by molar-refractivity contribution is 5.94. The van der Waals surface area contributed by atoms with Crippen LogP contribution in [0.2, 0.25) is 0 Å². The fourth-order valence-electron chi connectivity index (χ4n) is 4.36. The van der Waals surface area contributed by atoms with E-state index in [1.165, 1.54) is 12.1 Å². The average molecular weight is 500 g/mol. The van der Waals surface area contributed by atoms with Crippen LogP contribution >= 0.6 is 0 Å². The number of carbonyl (C=O) groups excluding carboxylic acids is 2. The highest BCUT2D eigenvalue weighted by atomic mass is 19.1. The van der Waals surface area contributed by atoms with E-state index in [0.29, 0.717) is 37.7 Å². The first-order chi connectivity index (χ1) is 18.0. The Hall–Kier alpha value is -4.53. The van der Waals surface area contributed by atoms with Crippen molar-refractivity contribution < 1.29 is 18.7 Å². The van der Waals surface area contributed by atoms with Crippen molar-refractivity contribution in [1.82, 2.24) is 19.7 Å². The summed E-state index contributed by atoms with van der Waals surface area (Å²) >= 11 is 0. The number of piperazine rings is 1. The fourth-order valence-corrected chi connectivity index (χ4v) is 4.36. The van der Waals surface area contributed by atoms with Gasteiger partial charge in [0.2, 0.25) is 0 Å². The van der Waals surface area contributed by atoms with Crippen LogP contribution in [0, 0.1) is 5.82 Å². The lowest BCUT2D eigenvalue weighted by Crippen LogP contribution is -2.49. The third kappa shape index (κ3) is 5.06. The van der Waals surface area contributed by atoms with Crippen LogP contribution in [0.15, 0.2) is 79.0 Å². The molecule has 1 aliphatic heterocycles. The van der Waals surface area contributed by atoms with Gasteiger partial charge in [-0.2, -0.15) is 5.10 Å². The molecular formula is C28H26FN5O3. The van der Waals surface area contributed by atoms with Crippen LogP contribution in [0.1, 0.15) is 27.8 Å². The van der Waals surface area contributed by atoms with E-state index in [-0.39, 0.29) is 23.8 Å². The summed E-state index contributed by atoms with van der Waals surface area (Å²) in [5.74, 6) is -0.680. The maximum Gasteiger partial charge on any atom is 0.358 e. The summed E-state index contributed by atoms with van der Waals surface area (Å²) in [5, 5.41) is 4.45. The number of hydrogen-bond donors (Lipinski definition) is 0. The quantitative estimate of drug-likeness (QED) is 0.370. The Kier molecular flexibility index (Phi) is 6.93. The Balaban J connectivity index is 1.33. The molecule has 0 atom stereocenters. The van der Waals surface area contributed by atoms with Crippen molar-refractivity contribution in [2.24, 2.45) is 0 Å². The largest absolute Gasteiger partial charge is 0.461 e. The number of benzene rings is 2. The molecule has 1 aliphatic rings. The Bertz CT molecular complexity index is 1400. The lowest BCUT2D eigenvalue weighted by Gasteiger charge is -2.36. The first-order valence-corrected chi connectivity index (χ1v) is 12.1. The Morgan fingerprint density at radius 2 is 1.68 bits per heavy atom. The number of pyridine rings is 1. The van der Waals surface area contributed by atoms with Gasteiger partial charge >= 0.3 is 5.97 Å². The fraction of sp³-hybridized carbons (Fsp3) is 0.214. The van der Waals surface area contributed by atoms with E-state index >= 15 is 0 Å². The van der Waals surface area contributed by atoms with Crippen molar-refractivity contribution in [3.05, 3.63) is 96.1 Å². The summed E-state index contributed by atoms with van der Waals surface area (Å²) in [4.78, 5) is 33.3. The number of halogens is 1. The highest BCUT2D eigenvalue weighted by Gasteiger charge is 2.24. The molecule has 188 valence electrons. The van der Waals surface area contributed by atoms with Crippen molar-refractivity contribution >= 4 is 17.6 Å². The van der Waals surface area contributed by atoms with Gasteiger partial charge in [0.1, 0.15) is 5.82 Å². The van der Waals surface area contributed by atoms with Gasteiger partial charge in [-0.1, -0.05) is 30.3 Å². The molecule has 9 heteroatoms. The molecule has 2 aromatic carbocycles. The van der Waals surface area contributed by atoms with E-state index in [1.54, 1.807) is 40.9 Å². The molecule has 1 fully saturated rings. The van der Waals surface area contributed by atoms with E-state index in [4.69, 9.17) is 4.74 Å². The Morgan fingerprint density at radius 1 is 0.946 bits per heavy atom. The minimum absolute atomic E-state index is 0.104. The third-order valence-electron chi connectivity index (χ3n) is 6.26. The summed E-state index contributed by atoms with van der Waals surface area (Å²) in [5.41, 5.74) is 2.91. The van der Waals surface area contributed by atoms with Crippen LogP contribution in [-0.2, 0) is 4.74 Å². The second kappa shape index (κ2) is 10.6. The normalized spacial score (nSPS) is 13.5. The Morgan fingerprint density at radius 3 is 2.35 bits per heavy atom. The number of amides is 1.